The molecule has 1 heterocycles. The summed E-state index contributed by atoms with van der Waals surface area (Å²) in [6.07, 6.45) is 4.04. The maximum atomic E-state index is 11.7. The first-order valence-electron chi connectivity index (χ1n) is 6.99. The number of aryl methyl sites for hydroxylation is 3. The first kappa shape index (κ1) is 16.2. The number of amides is 1. The Morgan fingerprint density at radius 2 is 2.16 bits per heavy atom. The van der Waals surface area contributed by atoms with Crippen LogP contribution in [0.1, 0.15) is 47.9 Å². The number of hydrogen-bond donors (Lipinski definition) is 2. The maximum absolute atomic E-state index is 11.7. The molecular formula is C15H25NO2S. The molecule has 0 aliphatic carbocycles. The number of hydrogen-bond acceptors (Lipinski definition) is 3. The lowest BCUT2D eigenvalue weighted by Crippen LogP contribution is -2.32. The van der Waals surface area contributed by atoms with Gasteiger partial charge in [0.05, 0.1) is 0 Å². The normalized spacial score (nSPS) is 12.4. The molecule has 1 rings (SSSR count). The molecule has 4 heteroatoms. The number of rotatable bonds is 8. The van der Waals surface area contributed by atoms with Crippen LogP contribution in [0.5, 0.6) is 0 Å². The first-order chi connectivity index (χ1) is 9.02. The Kier molecular flexibility index (Phi) is 7.10. The molecule has 1 unspecified atom stereocenters. The van der Waals surface area contributed by atoms with Crippen molar-refractivity contribution in [3.63, 3.8) is 0 Å². The van der Waals surface area contributed by atoms with Gasteiger partial charge in [0, 0.05) is 28.8 Å². The Morgan fingerprint density at radius 1 is 1.42 bits per heavy atom. The Morgan fingerprint density at radius 3 is 2.74 bits per heavy atom. The molecule has 2 N–H and O–H groups in total. The van der Waals surface area contributed by atoms with Crippen molar-refractivity contribution in [2.45, 2.75) is 58.9 Å². The monoisotopic (exact) mass is 283 g/mol. The second-order valence-electron chi connectivity index (χ2n) is 5.13. The summed E-state index contributed by atoms with van der Waals surface area (Å²) in [6.45, 7) is 6.44. The predicted molar refractivity (Wildman–Crippen MR) is 80.7 cm³/mol. The summed E-state index contributed by atoms with van der Waals surface area (Å²) in [7, 11) is 0. The molecule has 0 aromatic carbocycles. The molecule has 0 fully saturated rings. The quantitative estimate of drug-likeness (QED) is 0.770. The second kappa shape index (κ2) is 8.33. The number of carbonyl (C=O) groups excluding carboxylic acids is 1. The summed E-state index contributed by atoms with van der Waals surface area (Å²) in [6, 6.07) is 2.38. The van der Waals surface area contributed by atoms with Crippen molar-refractivity contribution in [1.82, 2.24) is 5.32 Å². The number of carbonyl (C=O) groups is 1. The van der Waals surface area contributed by atoms with Crippen molar-refractivity contribution in [2.24, 2.45) is 0 Å². The highest BCUT2D eigenvalue weighted by Gasteiger charge is 2.08. The van der Waals surface area contributed by atoms with E-state index in [1.54, 1.807) is 0 Å². The minimum Gasteiger partial charge on any atom is -0.396 e. The largest absolute Gasteiger partial charge is 0.396 e. The van der Waals surface area contributed by atoms with Gasteiger partial charge < -0.3 is 10.4 Å². The molecule has 1 aromatic heterocycles. The fourth-order valence-corrected chi connectivity index (χ4v) is 3.16. The van der Waals surface area contributed by atoms with Crippen molar-refractivity contribution in [3.8, 4) is 0 Å². The van der Waals surface area contributed by atoms with Gasteiger partial charge in [-0.05, 0) is 58.1 Å². The number of nitrogens with one attached hydrogen (secondary N) is 1. The summed E-state index contributed by atoms with van der Waals surface area (Å²) >= 11 is 1.82. The smallest absolute Gasteiger partial charge is 0.220 e. The molecule has 0 bridgehead atoms. The van der Waals surface area contributed by atoms with Gasteiger partial charge in [-0.1, -0.05) is 0 Å². The molecule has 108 valence electrons. The van der Waals surface area contributed by atoms with Crippen LogP contribution in [0.15, 0.2) is 6.07 Å². The number of aliphatic hydroxyl groups is 1. The van der Waals surface area contributed by atoms with Crippen molar-refractivity contribution < 1.29 is 9.90 Å². The van der Waals surface area contributed by atoms with E-state index in [2.05, 4.69) is 25.2 Å². The highest BCUT2D eigenvalue weighted by molar-refractivity contribution is 7.12. The lowest BCUT2D eigenvalue weighted by Gasteiger charge is -2.12. The SMILES string of the molecule is Cc1cc(CCCC(=O)NC(C)CCCO)c(C)s1. The molecule has 1 atom stereocenters. The van der Waals surface area contributed by atoms with Gasteiger partial charge in [0.15, 0.2) is 0 Å². The van der Waals surface area contributed by atoms with Crippen LogP contribution in [-0.4, -0.2) is 23.7 Å². The Labute approximate surface area is 120 Å². The summed E-state index contributed by atoms with van der Waals surface area (Å²) in [5.41, 5.74) is 1.38. The van der Waals surface area contributed by atoms with Crippen molar-refractivity contribution >= 4 is 17.2 Å². The van der Waals surface area contributed by atoms with Crippen LogP contribution in [0.25, 0.3) is 0 Å². The third-order valence-corrected chi connectivity index (χ3v) is 4.20. The Hall–Kier alpha value is -0.870. The molecule has 19 heavy (non-hydrogen) atoms. The Balaban J connectivity index is 2.22. The van der Waals surface area contributed by atoms with Gasteiger partial charge in [0.1, 0.15) is 0 Å². The van der Waals surface area contributed by atoms with Gasteiger partial charge >= 0.3 is 0 Å². The Bertz CT molecular complexity index is 401. The molecular weight excluding hydrogens is 258 g/mol. The lowest BCUT2D eigenvalue weighted by atomic mass is 10.1. The number of aliphatic hydroxyl groups excluding tert-OH is 1. The molecule has 0 aliphatic heterocycles. The van der Waals surface area contributed by atoms with Crippen LogP contribution >= 0.6 is 11.3 Å². The highest BCUT2D eigenvalue weighted by Crippen LogP contribution is 2.22. The van der Waals surface area contributed by atoms with Gasteiger partial charge in [-0.2, -0.15) is 0 Å². The van der Waals surface area contributed by atoms with Crippen LogP contribution < -0.4 is 5.32 Å². The molecule has 0 saturated carbocycles. The summed E-state index contributed by atoms with van der Waals surface area (Å²) < 4.78 is 0. The molecule has 0 radical (unpaired) electrons. The number of thiophene rings is 1. The minimum absolute atomic E-state index is 0.120. The van der Waals surface area contributed by atoms with Crippen LogP contribution in [-0.2, 0) is 11.2 Å². The predicted octanol–water partition coefficient (Wildman–Crippen LogP) is 2.96. The van der Waals surface area contributed by atoms with E-state index in [0.717, 1.165) is 25.7 Å². The fraction of sp³-hybridized carbons (Fsp3) is 0.667. The summed E-state index contributed by atoms with van der Waals surface area (Å²) in [4.78, 5) is 14.4. The average molecular weight is 283 g/mol. The molecule has 3 nitrogen and oxygen atoms in total. The van der Waals surface area contributed by atoms with E-state index in [9.17, 15) is 4.79 Å². The van der Waals surface area contributed by atoms with Crippen LogP contribution in [0.2, 0.25) is 0 Å². The van der Waals surface area contributed by atoms with Crippen LogP contribution in [0.4, 0.5) is 0 Å². The minimum atomic E-state index is 0.120. The zero-order valence-corrected chi connectivity index (χ0v) is 13.0. The highest BCUT2D eigenvalue weighted by atomic mass is 32.1. The van der Waals surface area contributed by atoms with Gasteiger partial charge in [0.2, 0.25) is 5.91 Å². The third-order valence-electron chi connectivity index (χ3n) is 3.20. The molecule has 0 spiro atoms. The van der Waals surface area contributed by atoms with E-state index >= 15 is 0 Å². The van der Waals surface area contributed by atoms with Gasteiger partial charge in [-0.3, -0.25) is 4.79 Å². The molecule has 1 aromatic rings. The van der Waals surface area contributed by atoms with E-state index in [1.807, 2.05) is 18.3 Å². The molecule has 1 amide bonds. The van der Waals surface area contributed by atoms with Gasteiger partial charge in [-0.25, -0.2) is 0 Å². The van der Waals surface area contributed by atoms with Crippen molar-refractivity contribution in [3.05, 3.63) is 21.4 Å². The zero-order valence-electron chi connectivity index (χ0n) is 12.2. The first-order valence-corrected chi connectivity index (χ1v) is 7.80. The second-order valence-corrected chi connectivity index (χ2v) is 6.59. The van der Waals surface area contributed by atoms with Crippen LogP contribution in [0.3, 0.4) is 0 Å². The van der Waals surface area contributed by atoms with E-state index in [0.29, 0.717) is 6.42 Å². The van der Waals surface area contributed by atoms with Gasteiger partial charge in [0.25, 0.3) is 0 Å². The van der Waals surface area contributed by atoms with E-state index in [1.165, 1.54) is 15.3 Å². The molecule has 0 saturated heterocycles. The topological polar surface area (TPSA) is 49.3 Å². The van der Waals surface area contributed by atoms with Crippen molar-refractivity contribution in [2.75, 3.05) is 6.61 Å². The zero-order chi connectivity index (χ0) is 14.3. The average Bonchev–Trinajstić information content (AvgIpc) is 2.65. The maximum Gasteiger partial charge on any atom is 0.220 e. The van der Waals surface area contributed by atoms with E-state index in [-0.39, 0.29) is 18.6 Å². The fourth-order valence-electron chi connectivity index (χ4n) is 2.19. The van der Waals surface area contributed by atoms with Crippen molar-refractivity contribution in [1.29, 1.82) is 0 Å². The summed E-state index contributed by atoms with van der Waals surface area (Å²) in [5, 5.41) is 11.7. The third kappa shape index (κ3) is 6.21. The van der Waals surface area contributed by atoms with Crippen LogP contribution in [0, 0.1) is 13.8 Å². The lowest BCUT2D eigenvalue weighted by molar-refractivity contribution is -0.121. The van der Waals surface area contributed by atoms with E-state index < -0.39 is 0 Å². The van der Waals surface area contributed by atoms with Gasteiger partial charge in [-0.15, -0.1) is 11.3 Å². The standard InChI is InChI=1S/C15H25NO2S/c1-11(6-5-9-17)16-15(18)8-4-7-14-10-12(2)19-13(14)3/h10-11,17H,4-9H2,1-3H3,(H,16,18). The summed E-state index contributed by atoms with van der Waals surface area (Å²) in [5.74, 6) is 0.120. The molecule has 0 aliphatic rings. The van der Waals surface area contributed by atoms with E-state index in [4.69, 9.17) is 5.11 Å².